The number of imidazole rings is 1. The maximum Gasteiger partial charge on any atom is 0.110 e. The summed E-state index contributed by atoms with van der Waals surface area (Å²) in [5.74, 6) is 1.67. The molecule has 0 aliphatic rings. The van der Waals surface area contributed by atoms with Gasteiger partial charge >= 0.3 is 0 Å². The summed E-state index contributed by atoms with van der Waals surface area (Å²) in [5.41, 5.74) is 2.70. The fraction of sp³-hybridized carbons (Fsp3) is 0.500. The fourth-order valence-electron chi connectivity index (χ4n) is 2.45. The third-order valence-corrected chi connectivity index (χ3v) is 3.11. The Bertz CT molecular complexity index is 636. The highest BCUT2D eigenvalue weighted by atomic mass is 15.1. The van der Waals surface area contributed by atoms with Crippen molar-refractivity contribution in [2.24, 2.45) is 5.92 Å². The van der Waals surface area contributed by atoms with E-state index in [0.29, 0.717) is 11.5 Å². The Morgan fingerprint density at radius 2 is 2.00 bits per heavy atom. The molecule has 100 valence electrons. The smallest absolute Gasteiger partial charge is 0.110 e. The SMILES string of the molecule is CC(C)Cc1nc2cc(C#N)ccc2n1C(C)(C)C. The number of rotatable bonds is 2. The van der Waals surface area contributed by atoms with Gasteiger partial charge in [-0.2, -0.15) is 5.26 Å². The second-order valence-corrected chi connectivity index (χ2v) is 6.45. The van der Waals surface area contributed by atoms with Gasteiger partial charge in [-0.05, 0) is 44.9 Å². The van der Waals surface area contributed by atoms with Gasteiger partial charge in [0.05, 0.1) is 22.7 Å². The molecule has 0 N–H and O–H groups in total. The van der Waals surface area contributed by atoms with Crippen molar-refractivity contribution in [3.63, 3.8) is 0 Å². The average molecular weight is 255 g/mol. The van der Waals surface area contributed by atoms with E-state index in [1.54, 1.807) is 0 Å². The van der Waals surface area contributed by atoms with Crippen LogP contribution in [-0.2, 0) is 12.0 Å². The number of fused-ring (bicyclic) bond motifs is 1. The molecule has 0 unspecified atom stereocenters. The fourth-order valence-corrected chi connectivity index (χ4v) is 2.45. The van der Waals surface area contributed by atoms with Gasteiger partial charge < -0.3 is 4.57 Å². The molecule has 0 aliphatic heterocycles. The molecule has 19 heavy (non-hydrogen) atoms. The first-order chi connectivity index (χ1) is 8.82. The normalized spacial score (nSPS) is 12.1. The maximum atomic E-state index is 8.99. The molecule has 0 atom stereocenters. The molecular formula is C16H21N3. The summed E-state index contributed by atoms with van der Waals surface area (Å²) < 4.78 is 2.30. The molecule has 3 heteroatoms. The van der Waals surface area contributed by atoms with Crippen molar-refractivity contribution in [1.29, 1.82) is 5.26 Å². The standard InChI is InChI=1S/C16H21N3/c1-11(2)8-15-18-13-9-12(10-17)6-7-14(13)19(15)16(3,4)5/h6-7,9,11H,8H2,1-5H3. The highest BCUT2D eigenvalue weighted by molar-refractivity contribution is 5.78. The lowest BCUT2D eigenvalue weighted by atomic mass is 10.1. The number of hydrogen-bond acceptors (Lipinski definition) is 2. The number of hydrogen-bond donors (Lipinski definition) is 0. The van der Waals surface area contributed by atoms with Gasteiger partial charge in [-0.3, -0.25) is 0 Å². The van der Waals surface area contributed by atoms with Crippen LogP contribution in [0.3, 0.4) is 0 Å². The molecule has 3 nitrogen and oxygen atoms in total. The van der Waals surface area contributed by atoms with E-state index in [1.807, 2.05) is 18.2 Å². The predicted molar refractivity (Wildman–Crippen MR) is 78.0 cm³/mol. The summed E-state index contributed by atoms with van der Waals surface area (Å²) in [5, 5.41) is 8.99. The van der Waals surface area contributed by atoms with E-state index in [9.17, 15) is 0 Å². The lowest BCUT2D eigenvalue weighted by Crippen LogP contribution is -2.24. The van der Waals surface area contributed by atoms with Crippen molar-refractivity contribution in [2.75, 3.05) is 0 Å². The van der Waals surface area contributed by atoms with E-state index >= 15 is 0 Å². The van der Waals surface area contributed by atoms with Crippen molar-refractivity contribution in [3.05, 3.63) is 29.6 Å². The van der Waals surface area contributed by atoms with E-state index in [-0.39, 0.29) is 5.54 Å². The first-order valence-corrected chi connectivity index (χ1v) is 6.75. The minimum Gasteiger partial charge on any atom is -0.323 e. The highest BCUT2D eigenvalue weighted by Gasteiger charge is 2.21. The van der Waals surface area contributed by atoms with E-state index in [2.05, 4.69) is 45.3 Å². The average Bonchev–Trinajstić information content (AvgIpc) is 2.63. The molecule has 0 radical (unpaired) electrons. The first-order valence-electron chi connectivity index (χ1n) is 6.75. The third-order valence-electron chi connectivity index (χ3n) is 3.11. The van der Waals surface area contributed by atoms with Crippen LogP contribution in [0, 0.1) is 17.2 Å². The summed E-state index contributed by atoms with van der Waals surface area (Å²) >= 11 is 0. The van der Waals surface area contributed by atoms with Gasteiger partial charge in [0, 0.05) is 12.0 Å². The van der Waals surface area contributed by atoms with Crippen LogP contribution in [0.25, 0.3) is 11.0 Å². The monoisotopic (exact) mass is 255 g/mol. The van der Waals surface area contributed by atoms with Crippen LogP contribution in [0.4, 0.5) is 0 Å². The minimum atomic E-state index is -0.00681. The van der Waals surface area contributed by atoms with Crippen LogP contribution in [0.1, 0.15) is 46.0 Å². The lowest BCUT2D eigenvalue weighted by molar-refractivity contribution is 0.387. The molecule has 0 aliphatic carbocycles. The van der Waals surface area contributed by atoms with Crippen molar-refractivity contribution in [2.45, 2.75) is 46.6 Å². The Hall–Kier alpha value is -1.82. The van der Waals surface area contributed by atoms with Gasteiger partial charge in [0.2, 0.25) is 0 Å². The summed E-state index contributed by atoms with van der Waals surface area (Å²) in [6.45, 7) is 11.0. The molecule has 0 bridgehead atoms. The summed E-state index contributed by atoms with van der Waals surface area (Å²) in [6.07, 6.45) is 0.952. The van der Waals surface area contributed by atoms with Crippen molar-refractivity contribution >= 4 is 11.0 Å². The van der Waals surface area contributed by atoms with Gasteiger partial charge in [-0.15, -0.1) is 0 Å². The zero-order valence-corrected chi connectivity index (χ0v) is 12.4. The van der Waals surface area contributed by atoms with Crippen LogP contribution in [0.15, 0.2) is 18.2 Å². The topological polar surface area (TPSA) is 41.6 Å². The highest BCUT2D eigenvalue weighted by Crippen LogP contribution is 2.27. The van der Waals surface area contributed by atoms with Gasteiger partial charge in [0.1, 0.15) is 5.82 Å². The Balaban J connectivity index is 2.70. The Kier molecular flexibility index (Phi) is 3.36. The Labute approximate surface area is 114 Å². The van der Waals surface area contributed by atoms with Gasteiger partial charge in [0.15, 0.2) is 0 Å². The number of aromatic nitrogens is 2. The van der Waals surface area contributed by atoms with Crippen molar-refractivity contribution in [3.8, 4) is 6.07 Å². The summed E-state index contributed by atoms with van der Waals surface area (Å²) in [4.78, 5) is 4.74. The molecule has 0 amide bonds. The van der Waals surface area contributed by atoms with Crippen LogP contribution < -0.4 is 0 Å². The molecule has 0 fully saturated rings. The van der Waals surface area contributed by atoms with E-state index in [1.165, 1.54) is 0 Å². The maximum absolute atomic E-state index is 8.99. The molecule has 1 aromatic carbocycles. The third kappa shape index (κ3) is 2.63. The minimum absolute atomic E-state index is 0.00681. The zero-order chi connectivity index (χ0) is 14.2. The number of nitrogens with zero attached hydrogens (tertiary/aromatic N) is 3. The number of nitriles is 1. The second-order valence-electron chi connectivity index (χ2n) is 6.45. The second kappa shape index (κ2) is 4.70. The van der Waals surface area contributed by atoms with E-state index in [0.717, 1.165) is 23.3 Å². The van der Waals surface area contributed by atoms with E-state index < -0.39 is 0 Å². The van der Waals surface area contributed by atoms with Crippen LogP contribution in [0.5, 0.6) is 0 Å². The predicted octanol–water partition coefficient (Wildman–Crippen LogP) is 3.86. The van der Waals surface area contributed by atoms with Gasteiger partial charge in [0.25, 0.3) is 0 Å². The molecular weight excluding hydrogens is 234 g/mol. The quantitative estimate of drug-likeness (QED) is 0.817. The Morgan fingerprint density at radius 1 is 1.32 bits per heavy atom. The van der Waals surface area contributed by atoms with E-state index in [4.69, 9.17) is 10.2 Å². The van der Waals surface area contributed by atoms with Crippen LogP contribution in [0.2, 0.25) is 0 Å². The molecule has 0 saturated heterocycles. The van der Waals surface area contributed by atoms with Crippen molar-refractivity contribution < 1.29 is 0 Å². The van der Waals surface area contributed by atoms with Crippen LogP contribution in [-0.4, -0.2) is 9.55 Å². The largest absolute Gasteiger partial charge is 0.323 e. The Morgan fingerprint density at radius 3 is 2.53 bits per heavy atom. The van der Waals surface area contributed by atoms with Gasteiger partial charge in [-0.25, -0.2) is 4.98 Å². The molecule has 1 heterocycles. The zero-order valence-electron chi connectivity index (χ0n) is 12.4. The molecule has 0 saturated carbocycles. The first kappa shape index (κ1) is 13.6. The summed E-state index contributed by atoms with van der Waals surface area (Å²) in [7, 11) is 0. The number of benzene rings is 1. The molecule has 2 aromatic rings. The summed E-state index contributed by atoms with van der Waals surface area (Å²) in [6, 6.07) is 7.93. The molecule has 0 spiro atoms. The van der Waals surface area contributed by atoms with Crippen LogP contribution >= 0.6 is 0 Å². The lowest BCUT2D eigenvalue weighted by Gasteiger charge is -2.25. The van der Waals surface area contributed by atoms with Gasteiger partial charge in [-0.1, -0.05) is 13.8 Å². The van der Waals surface area contributed by atoms with Crippen molar-refractivity contribution in [1.82, 2.24) is 9.55 Å². The molecule has 1 aromatic heterocycles. The molecule has 2 rings (SSSR count).